The molecular formula is C18H23NO4S. The normalized spacial score (nSPS) is 11.5. The van der Waals surface area contributed by atoms with Crippen LogP contribution >= 0.6 is 0 Å². The third-order valence-corrected chi connectivity index (χ3v) is 4.67. The van der Waals surface area contributed by atoms with Crippen molar-refractivity contribution in [1.29, 1.82) is 0 Å². The number of benzene rings is 2. The number of aliphatic hydroxyl groups excluding tert-OH is 1. The molecule has 0 radical (unpaired) electrons. The average Bonchev–Trinajstić information content (AvgIpc) is 2.56. The first-order valence-electron chi connectivity index (χ1n) is 7.92. The molecule has 0 amide bonds. The summed E-state index contributed by atoms with van der Waals surface area (Å²) >= 11 is 0. The number of aliphatic hydroxyl groups is 1. The summed E-state index contributed by atoms with van der Waals surface area (Å²) in [5.41, 5.74) is 1.94. The Morgan fingerprint density at radius 1 is 1.12 bits per heavy atom. The van der Waals surface area contributed by atoms with Crippen molar-refractivity contribution in [3.05, 3.63) is 59.2 Å². The summed E-state index contributed by atoms with van der Waals surface area (Å²) in [4.78, 5) is 0.00408. The number of hydrogen-bond acceptors (Lipinski definition) is 4. The highest BCUT2D eigenvalue weighted by Gasteiger charge is 2.20. The maximum atomic E-state index is 12.0. The van der Waals surface area contributed by atoms with E-state index >= 15 is 0 Å². The van der Waals surface area contributed by atoms with E-state index in [9.17, 15) is 13.5 Å². The Kier molecular flexibility index (Phi) is 6.36. The van der Waals surface area contributed by atoms with Gasteiger partial charge in [-0.25, -0.2) is 13.6 Å². The summed E-state index contributed by atoms with van der Waals surface area (Å²) in [5, 5.41) is 14.8. The van der Waals surface area contributed by atoms with E-state index in [2.05, 4.69) is 0 Å². The molecule has 24 heavy (non-hydrogen) atoms. The van der Waals surface area contributed by atoms with Crippen LogP contribution in [-0.4, -0.2) is 20.1 Å². The number of nitrogens with two attached hydrogens (primary N) is 1. The summed E-state index contributed by atoms with van der Waals surface area (Å²) in [6.07, 6.45) is 2.22. The van der Waals surface area contributed by atoms with Crippen molar-refractivity contribution in [3.63, 3.8) is 0 Å². The van der Waals surface area contributed by atoms with Gasteiger partial charge in [0.15, 0.2) is 0 Å². The van der Waals surface area contributed by atoms with Crippen LogP contribution < -0.4 is 9.88 Å². The van der Waals surface area contributed by atoms with Crippen molar-refractivity contribution in [2.24, 2.45) is 5.14 Å². The van der Waals surface area contributed by atoms with Crippen LogP contribution in [0.1, 0.15) is 36.5 Å². The van der Waals surface area contributed by atoms with Crippen LogP contribution in [0.4, 0.5) is 0 Å². The van der Waals surface area contributed by atoms with Crippen LogP contribution in [-0.2, 0) is 23.1 Å². The van der Waals surface area contributed by atoms with E-state index in [4.69, 9.17) is 9.88 Å². The monoisotopic (exact) mass is 349 g/mol. The molecule has 0 aliphatic heterocycles. The second-order valence-electron chi connectivity index (χ2n) is 5.64. The second kappa shape index (κ2) is 8.28. The highest BCUT2D eigenvalue weighted by atomic mass is 32.2. The van der Waals surface area contributed by atoms with Crippen molar-refractivity contribution < 1.29 is 18.3 Å². The number of primary sulfonamides is 1. The minimum Gasteiger partial charge on any atom is -0.493 e. The van der Waals surface area contributed by atoms with Crippen molar-refractivity contribution in [3.8, 4) is 5.75 Å². The molecule has 3 N–H and O–H groups in total. The molecule has 2 rings (SSSR count). The Morgan fingerprint density at radius 2 is 1.83 bits per heavy atom. The first-order chi connectivity index (χ1) is 11.5. The van der Waals surface area contributed by atoms with Crippen molar-refractivity contribution in [1.82, 2.24) is 0 Å². The van der Waals surface area contributed by atoms with Gasteiger partial charge < -0.3 is 9.84 Å². The first kappa shape index (κ1) is 18.4. The molecule has 0 saturated carbocycles. The number of rotatable bonds is 8. The van der Waals surface area contributed by atoms with Crippen LogP contribution in [0.3, 0.4) is 0 Å². The standard InChI is InChI=1S/C18H23NO4S/c1-2-3-9-23-17-11-15(13-20)12-18(24(19,21)22)16(17)10-14-7-5-4-6-8-14/h4-8,11-12,20H,2-3,9-10,13H2,1H3,(H2,19,21,22). The summed E-state index contributed by atoms with van der Waals surface area (Å²) < 4.78 is 29.9. The highest BCUT2D eigenvalue weighted by Crippen LogP contribution is 2.30. The van der Waals surface area contributed by atoms with Crippen LogP contribution in [0.25, 0.3) is 0 Å². The van der Waals surface area contributed by atoms with E-state index in [1.807, 2.05) is 37.3 Å². The summed E-state index contributed by atoms with van der Waals surface area (Å²) in [5.74, 6) is 0.461. The zero-order valence-electron chi connectivity index (χ0n) is 13.7. The molecule has 6 heteroatoms. The largest absolute Gasteiger partial charge is 0.493 e. The van der Waals surface area contributed by atoms with Crippen LogP contribution in [0.5, 0.6) is 5.75 Å². The fourth-order valence-corrected chi connectivity index (χ4v) is 3.28. The topological polar surface area (TPSA) is 89.6 Å². The van der Waals surface area contributed by atoms with E-state index in [-0.39, 0.29) is 11.5 Å². The van der Waals surface area contributed by atoms with Crippen LogP contribution in [0.2, 0.25) is 0 Å². The second-order valence-corrected chi connectivity index (χ2v) is 7.17. The van der Waals surface area contributed by atoms with Crippen LogP contribution in [0, 0.1) is 0 Å². The highest BCUT2D eigenvalue weighted by molar-refractivity contribution is 7.89. The summed E-state index contributed by atoms with van der Waals surface area (Å²) in [7, 11) is -3.93. The molecule has 0 unspecified atom stereocenters. The molecule has 2 aromatic carbocycles. The van der Waals surface area contributed by atoms with E-state index in [0.717, 1.165) is 18.4 Å². The summed E-state index contributed by atoms with van der Waals surface area (Å²) in [6.45, 7) is 2.25. The van der Waals surface area contributed by atoms with Crippen molar-refractivity contribution >= 4 is 10.0 Å². The van der Waals surface area contributed by atoms with Gasteiger partial charge in [0.1, 0.15) is 5.75 Å². The van der Waals surface area contributed by atoms with Crippen LogP contribution in [0.15, 0.2) is 47.4 Å². The lowest BCUT2D eigenvalue weighted by Gasteiger charge is -2.16. The molecule has 0 bridgehead atoms. The minimum absolute atomic E-state index is 0.00408. The molecule has 130 valence electrons. The molecule has 0 atom stereocenters. The number of sulfonamides is 1. The first-order valence-corrected chi connectivity index (χ1v) is 9.46. The molecule has 2 aromatic rings. The molecule has 0 fully saturated rings. The van der Waals surface area contributed by atoms with E-state index in [0.29, 0.717) is 29.9 Å². The summed E-state index contributed by atoms with van der Waals surface area (Å²) in [6, 6.07) is 12.6. The Morgan fingerprint density at radius 3 is 2.42 bits per heavy atom. The molecule has 5 nitrogen and oxygen atoms in total. The van der Waals surface area contributed by atoms with Gasteiger partial charge in [-0.05, 0) is 29.7 Å². The van der Waals surface area contributed by atoms with E-state index in [1.54, 1.807) is 6.07 Å². The Hall–Kier alpha value is -1.89. The molecular weight excluding hydrogens is 326 g/mol. The van der Waals surface area contributed by atoms with Gasteiger partial charge in [0.05, 0.1) is 18.1 Å². The predicted octanol–water partition coefficient (Wildman–Crippen LogP) is 2.60. The van der Waals surface area contributed by atoms with Gasteiger partial charge in [0.2, 0.25) is 10.0 Å². The number of unbranched alkanes of at least 4 members (excludes halogenated alkanes) is 1. The zero-order chi connectivity index (χ0) is 17.6. The smallest absolute Gasteiger partial charge is 0.238 e. The fourth-order valence-electron chi connectivity index (χ4n) is 2.45. The lowest BCUT2D eigenvalue weighted by Crippen LogP contribution is -2.16. The molecule has 0 spiro atoms. The van der Waals surface area contributed by atoms with E-state index < -0.39 is 10.0 Å². The molecule has 0 aliphatic carbocycles. The predicted molar refractivity (Wildman–Crippen MR) is 93.4 cm³/mol. The lowest BCUT2D eigenvalue weighted by molar-refractivity contribution is 0.277. The quantitative estimate of drug-likeness (QED) is 0.717. The van der Waals surface area contributed by atoms with Gasteiger partial charge in [-0.1, -0.05) is 43.7 Å². The fraction of sp³-hybridized carbons (Fsp3) is 0.333. The molecule has 0 heterocycles. The number of hydrogen-bond donors (Lipinski definition) is 2. The van der Waals surface area contributed by atoms with Gasteiger partial charge in [0, 0.05) is 12.0 Å². The van der Waals surface area contributed by atoms with Crippen molar-refractivity contribution in [2.75, 3.05) is 6.61 Å². The Labute approximate surface area is 143 Å². The van der Waals surface area contributed by atoms with E-state index in [1.165, 1.54) is 6.07 Å². The van der Waals surface area contributed by atoms with Gasteiger partial charge in [-0.3, -0.25) is 0 Å². The minimum atomic E-state index is -3.93. The number of ether oxygens (including phenoxy) is 1. The third-order valence-electron chi connectivity index (χ3n) is 3.70. The van der Waals surface area contributed by atoms with Gasteiger partial charge in [0.25, 0.3) is 0 Å². The maximum Gasteiger partial charge on any atom is 0.238 e. The molecule has 0 aromatic heterocycles. The Balaban J connectivity index is 2.53. The SMILES string of the molecule is CCCCOc1cc(CO)cc(S(N)(=O)=O)c1Cc1ccccc1. The Bertz CT molecular complexity index is 773. The average molecular weight is 349 g/mol. The van der Waals surface area contributed by atoms with Gasteiger partial charge in [-0.15, -0.1) is 0 Å². The van der Waals surface area contributed by atoms with Gasteiger partial charge >= 0.3 is 0 Å². The van der Waals surface area contributed by atoms with Crippen molar-refractivity contribution in [2.45, 2.75) is 37.7 Å². The molecule has 0 aliphatic rings. The lowest BCUT2D eigenvalue weighted by atomic mass is 10.0. The molecule has 0 saturated heterocycles. The third kappa shape index (κ3) is 4.80. The maximum absolute atomic E-state index is 12.0. The zero-order valence-corrected chi connectivity index (χ0v) is 14.6. The van der Waals surface area contributed by atoms with Gasteiger partial charge in [-0.2, -0.15) is 0 Å².